The molecule has 0 saturated carbocycles. The van der Waals surface area contributed by atoms with Gasteiger partial charge in [-0.2, -0.15) is 5.10 Å². The number of carbonyl (C=O) groups excluding carboxylic acids is 1. The van der Waals surface area contributed by atoms with Crippen LogP contribution in [0.4, 0.5) is 0 Å². The van der Waals surface area contributed by atoms with Crippen LogP contribution in [0.5, 0.6) is 0 Å². The van der Waals surface area contributed by atoms with Crippen molar-refractivity contribution in [2.24, 2.45) is 0 Å². The Hall–Kier alpha value is -3.74. The number of amides is 1. The molecule has 0 unspecified atom stereocenters. The second-order valence-electron chi connectivity index (χ2n) is 5.69. The molecule has 0 spiro atoms. The predicted octanol–water partition coefficient (Wildman–Crippen LogP) is 2.38. The van der Waals surface area contributed by atoms with Crippen molar-refractivity contribution < 1.29 is 4.79 Å². The highest BCUT2D eigenvalue weighted by atomic mass is 16.1. The molecule has 7 nitrogen and oxygen atoms in total. The van der Waals surface area contributed by atoms with Gasteiger partial charge in [0.05, 0.1) is 17.4 Å². The van der Waals surface area contributed by atoms with E-state index in [0.717, 1.165) is 17.1 Å². The van der Waals surface area contributed by atoms with E-state index >= 15 is 0 Å². The van der Waals surface area contributed by atoms with Crippen molar-refractivity contribution in [3.63, 3.8) is 0 Å². The molecule has 0 bridgehead atoms. The molecule has 3 heterocycles. The minimum atomic E-state index is -0.175. The van der Waals surface area contributed by atoms with Gasteiger partial charge in [0.15, 0.2) is 0 Å². The normalized spacial score (nSPS) is 10.6. The van der Waals surface area contributed by atoms with E-state index in [1.54, 1.807) is 35.8 Å². The lowest BCUT2D eigenvalue weighted by Gasteiger charge is -2.05. The van der Waals surface area contributed by atoms with Crippen LogP contribution in [0.3, 0.4) is 0 Å². The van der Waals surface area contributed by atoms with E-state index < -0.39 is 0 Å². The molecule has 0 aliphatic rings. The number of hydrogen-bond donors (Lipinski definition) is 1. The number of benzene rings is 1. The van der Waals surface area contributed by atoms with Crippen LogP contribution < -0.4 is 5.32 Å². The van der Waals surface area contributed by atoms with Crippen LogP contribution >= 0.6 is 0 Å². The van der Waals surface area contributed by atoms with Crippen LogP contribution in [0.15, 0.2) is 79.8 Å². The first kappa shape index (κ1) is 15.8. The van der Waals surface area contributed by atoms with E-state index in [1.807, 2.05) is 53.2 Å². The molecule has 26 heavy (non-hydrogen) atoms. The first-order valence-electron chi connectivity index (χ1n) is 8.11. The minimum Gasteiger partial charge on any atom is -0.348 e. The van der Waals surface area contributed by atoms with Gasteiger partial charge in [-0.25, -0.2) is 14.6 Å². The second kappa shape index (κ2) is 7.02. The summed E-state index contributed by atoms with van der Waals surface area (Å²) in [6.45, 7) is 0.395. The number of pyridine rings is 1. The number of aromatic nitrogens is 5. The van der Waals surface area contributed by atoms with Crippen LogP contribution in [0, 0.1) is 0 Å². The average molecular weight is 344 g/mol. The minimum absolute atomic E-state index is 0.175. The number of carbonyl (C=O) groups is 1. The zero-order valence-corrected chi connectivity index (χ0v) is 13.9. The van der Waals surface area contributed by atoms with Gasteiger partial charge in [0.25, 0.3) is 5.91 Å². The van der Waals surface area contributed by atoms with Crippen molar-refractivity contribution in [2.75, 3.05) is 0 Å². The number of hydrogen-bond acceptors (Lipinski definition) is 4. The van der Waals surface area contributed by atoms with Crippen molar-refractivity contribution in [3.8, 4) is 11.5 Å². The Morgan fingerprint density at radius 1 is 1.08 bits per heavy atom. The Balaban J connectivity index is 1.39. The fourth-order valence-electron chi connectivity index (χ4n) is 2.52. The zero-order valence-electron chi connectivity index (χ0n) is 13.9. The van der Waals surface area contributed by atoms with Crippen molar-refractivity contribution in [1.82, 2.24) is 29.6 Å². The van der Waals surface area contributed by atoms with Crippen molar-refractivity contribution in [3.05, 3.63) is 90.9 Å². The van der Waals surface area contributed by atoms with Crippen molar-refractivity contribution >= 4 is 5.91 Å². The summed E-state index contributed by atoms with van der Waals surface area (Å²) in [5, 5.41) is 7.12. The molecule has 3 aromatic heterocycles. The number of nitrogens with one attached hydrogen (secondary N) is 1. The Bertz CT molecular complexity index is 990. The van der Waals surface area contributed by atoms with Gasteiger partial charge in [-0.1, -0.05) is 24.3 Å². The lowest BCUT2D eigenvalue weighted by molar-refractivity contribution is 0.0951. The van der Waals surface area contributed by atoms with Gasteiger partial charge in [-0.05, 0) is 23.8 Å². The third-order valence-electron chi connectivity index (χ3n) is 3.90. The van der Waals surface area contributed by atoms with Gasteiger partial charge in [0.1, 0.15) is 12.1 Å². The van der Waals surface area contributed by atoms with Crippen molar-refractivity contribution in [2.45, 2.75) is 6.54 Å². The van der Waals surface area contributed by atoms with E-state index in [0.29, 0.717) is 12.1 Å². The summed E-state index contributed by atoms with van der Waals surface area (Å²) in [6, 6.07) is 13.5. The standard InChI is InChI=1S/C19H16N6O/c26-19(16-12-23-25(13-16)17-4-2-1-3-5-17)22-11-15-6-7-18(21-10-15)24-9-8-20-14-24/h1-10,12-14H,11H2,(H,22,26). The van der Waals surface area contributed by atoms with Crippen LogP contribution in [0.25, 0.3) is 11.5 Å². The molecule has 0 fully saturated rings. The van der Waals surface area contributed by atoms with Crippen molar-refractivity contribution in [1.29, 1.82) is 0 Å². The fourth-order valence-corrected chi connectivity index (χ4v) is 2.52. The number of nitrogens with zero attached hydrogens (tertiary/aromatic N) is 5. The topological polar surface area (TPSA) is 77.6 Å². The van der Waals surface area contributed by atoms with E-state index in [-0.39, 0.29) is 5.91 Å². The van der Waals surface area contributed by atoms with E-state index in [2.05, 4.69) is 20.4 Å². The molecule has 1 amide bonds. The third-order valence-corrected chi connectivity index (χ3v) is 3.90. The van der Waals surface area contributed by atoms with Gasteiger partial charge in [0, 0.05) is 31.3 Å². The maximum Gasteiger partial charge on any atom is 0.254 e. The van der Waals surface area contributed by atoms with E-state index in [1.165, 1.54) is 0 Å². The lowest BCUT2D eigenvalue weighted by Crippen LogP contribution is -2.22. The van der Waals surface area contributed by atoms with Crippen LogP contribution in [-0.2, 0) is 6.54 Å². The molecule has 0 atom stereocenters. The Labute approximate surface area is 150 Å². The van der Waals surface area contributed by atoms with E-state index in [9.17, 15) is 4.79 Å². The highest BCUT2D eigenvalue weighted by Crippen LogP contribution is 2.09. The molecule has 128 valence electrons. The second-order valence-corrected chi connectivity index (χ2v) is 5.69. The first-order chi connectivity index (χ1) is 12.8. The van der Waals surface area contributed by atoms with Crippen LogP contribution in [-0.4, -0.2) is 30.2 Å². The summed E-state index contributed by atoms with van der Waals surface area (Å²) < 4.78 is 3.50. The maximum atomic E-state index is 12.3. The monoisotopic (exact) mass is 344 g/mol. The Kier molecular flexibility index (Phi) is 4.26. The lowest BCUT2D eigenvalue weighted by atomic mass is 10.2. The van der Waals surface area contributed by atoms with Gasteiger partial charge in [0.2, 0.25) is 0 Å². The van der Waals surface area contributed by atoms with Crippen LogP contribution in [0.2, 0.25) is 0 Å². The first-order valence-corrected chi connectivity index (χ1v) is 8.11. The molecule has 1 aromatic carbocycles. The average Bonchev–Trinajstić information content (AvgIpc) is 3.39. The summed E-state index contributed by atoms with van der Waals surface area (Å²) in [4.78, 5) is 20.7. The molecule has 1 N–H and O–H groups in total. The summed E-state index contributed by atoms with van der Waals surface area (Å²) in [6.07, 6.45) is 10.2. The summed E-state index contributed by atoms with van der Waals surface area (Å²) in [5.74, 6) is 0.604. The molecule has 4 rings (SSSR count). The molecule has 4 aromatic rings. The zero-order chi connectivity index (χ0) is 17.8. The number of rotatable bonds is 5. The summed E-state index contributed by atoms with van der Waals surface area (Å²) in [7, 11) is 0. The summed E-state index contributed by atoms with van der Waals surface area (Å²) in [5.41, 5.74) is 2.33. The highest BCUT2D eigenvalue weighted by Gasteiger charge is 2.09. The highest BCUT2D eigenvalue weighted by molar-refractivity contribution is 5.93. The molecule has 0 saturated heterocycles. The molecular formula is C19H16N6O. The molecule has 7 heteroatoms. The van der Waals surface area contributed by atoms with Gasteiger partial charge in [-0.3, -0.25) is 9.36 Å². The molecular weight excluding hydrogens is 328 g/mol. The number of imidazole rings is 1. The summed E-state index contributed by atoms with van der Waals surface area (Å²) >= 11 is 0. The Morgan fingerprint density at radius 3 is 2.69 bits per heavy atom. The SMILES string of the molecule is O=C(NCc1ccc(-n2ccnc2)nc1)c1cnn(-c2ccccc2)c1. The van der Waals surface area contributed by atoms with Gasteiger partial charge >= 0.3 is 0 Å². The maximum absolute atomic E-state index is 12.3. The van der Waals surface area contributed by atoms with E-state index in [4.69, 9.17) is 0 Å². The largest absolute Gasteiger partial charge is 0.348 e. The molecule has 0 radical (unpaired) electrons. The fraction of sp³-hybridized carbons (Fsp3) is 0.0526. The number of para-hydroxylation sites is 1. The van der Waals surface area contributed by atoms with Gasteiger partial charge in [-0.15, -0.1) is 0 Å². The Morgan fingerprint density at radius 2 is 1.96 bits per heavy atom. The predicted molar refractivity (Wildman–Crippen MR) is 96.1 cm³/mol. The molecule has 0 aliphatic heterocycles. The third kappa shape index (κ3) is 3.36. The van der Waals surface area contributed by atoms with Gasteiger partial charge < -0.3 is 5.32 Å². The molecule has 0 aliphatic carbocycles. The smallest absolute Gasteiger partial charge is 0.254 e. The quantitative estimate of drug-likeness (QED) is 0.603. The van der Waals surface area contributed by atoms with Crippen LogP contribution in [0.1, 0.15) is 15.9 Å².